The van der Waals surface area contributed by atoms with E-state index in [4.69, 9.17) is 5.11 Å². The van der Waals surface area contributed by atoms with Gasteiger partial charge in [-0.2, -0.15) is 0 Å². The van der Waals surface area contributed by atoms with Gasteiger partial charge in [0.05, 0.1) is 0 Å². The lowest BCUT2D eigenvalue weighted by molar-refractivity contribution is 0.104. The van der Waals surface area contributed by atoms with Crippen molar-refractivity contribution in [3.05, 3.63) is 70.2 Å². The van der Waals surface area contributed by atoms with Crippen LogP contribution >= 0.6 is 15.9 Å². The van der Waals surface area contributed by atoms with Gasteiger partial charge in [-0.05, 0) is 48.0 Å². The Balaban J connectivity index is 2.11. The minimum absolute atomic E-state index is 0.0458. The average Bonchev–Trinajstić information content (AvgIpc) is 2.38. The van der Waals surface area contributed by atoms with E-state index < -0.39 is 0 Å². The summed E-state index contributed by atoms with van der Waals surface area (Å²) >= 11 is 3.32. The highest BCUT2D eigenvalue weighted by atomic mass is 79.9. The van der Waals surface area contributed by atoms with Crippen LogP contribution < -0.4 is 0 Å². The van der Waals surface area contributed by atoms with Crippen LogP contribution in [0.5, 0.6) is 5.75 Å². The van der Waals surface area contributed by atoms with Crippen molar-refractivity contribution in [3.63, 3.8) is 0 Å². The SMILES string of the molecule is O=C(/C=C/c1ccc(O)cc1)c1ccc(Br)cc1. The molecule has 0 aliphatic carbocycles. The zero-order valence-corrected chi connectivity index (χ0v) is 11.1. The lowest BCUT2D eigenvalue weighted by Gasteiger charge is -1.96. The Morgan fingerprint density at radius 2 is 1.61 bits per heavy atom. The number of rotatable bonds is 3. The summed E-state index contributed by atoms with van der Waals surface area (Å²) in [6, 6.07) is 13.9. The molecule has 0 bridgehead atoms. The molecule has 0 saturated heterocycles. The van der Waals surface area contributed by atoms with E-state index in [1.165, 1.54) is 6.08 Å². The fourth-order valence-corrected chi connectivity index (χ4v) is 1.73. The number of carbonyl (C=O) groups is 1. The molecule has 0 heterocycles. The van der Waals surface area contributed by atoms with Gasteiger partial charge in [-0.15, -0.1) is 0 Å². The topological polar surface area (TPSA) is 37.3 Å². The van der Waals surface area contributed by atoms with E-state index in [1.54, 1.807) is 42.5 Å². The van der Waals surface area contributed by atoms with Gasteiger partial charge in [0.1, 0.15) is 5.75 Å². The Morgan fingerprint density at radius 3 is 2.22 bits per heavy atom. The first-order valence-electron chi connectivity index (χ1n) is 5.42. The first-order valence-corrected chi connectivity index (χ1v) is 6.21. The number of phenolic OH excluding ortho intramolecular Hbond substituents is 1. The zero-order valence-electron chi connectivity index (χ0n) is 9.51. The van der Waals surface area contributed by atoms with E-state index in [9.17, 15) is 4.79 Å². The van der Waals surface area contributed by atoms with Crippen LogP contribution in [0.25, 0.3) is 6.08 Å². The van der Waals surface area contributed by atoms with E-state index >= 15 is 0 Å². The fourth-order valence-electron chi connectivity index (χ4n) is 1.47. The van der Waals surface area contributed by atoms with E-state index in [0.29, 0.717) is 5.56 Å². The van der Waals surface area contributed by atoms with Gasteiger partial charge in [0, 0.05) is 10.0 Å². The number of aromatic hydroxyl groups is 1. The van der Waals surface area contributed by atoms with Crippen molar-refractivity contribution in [1.29, 1.82) is 0 Å². The molecule has 2 rings (SSSR count). The monoisotopic (exact) mass is 302 g/mol. The van der Waals surface area contributed by atoms with Gasteiger partial charge in [0.25, 0.3) is 0 Å². The second-order valence-electron chi connectivity index (χ2n) is 3.80. The van der Waals surface area contributed by atoms with E-state index in [-0.39, 0.29) is 11.5 Å². The van der Waals surface area contributed by atoms with Crippen molar-refractivity contribution in [2.45, 2.75) is 0 Å². The molecule has 0 aliphatic heterocycles. The van der Waals surface area contributed by atoms with Crippen molar-refractivity contribution in [2.24, 2.45) is 0 Å². The highest BCUT2D eigenvalue weighted by Crippen LogP contribution is 2.13. The third-order valence-electron chi connectivity index (χ3n) is 2.45. The van der Waals surface area contributed by atoms with Crippen LogP contribution in [-0.2, 0) is 0 Å². The number of allylic oxidation sites excluding steroid dienone is 1. The molecule has 2 aromatic rings. The lowest BCUT2D eigenvalue weighted by Crippen LogP contribution is -1.92. The van der Waals surface area contributed by atoms with Crippen LogP contribution in [0.3, 0.4) is 0 Å². The van der Waals surface area contributed by atoms with Crippen LogP contribution in [0.15, 0.2) is 59.1 Å². The predicted molar refractivity (Wildman–Crippen MR) is 75.6 cm³/mol. The number of phenols is 1. The normalized spacial score (nSPS) is 10.7. The molecule has 90 valence electrons. The summed E-state index contributed by atoms with van der Waals surface area (Å²) in [5.74, 6) is 0.168. The van der Waals surface area contributed by atoms with Crippen molar-refractivity contribution in [3.8, 4) is 5.75 Å². The van der Waals surface area contributed by atoms with E-state index in [0.717, 1.165) is 10.0 Å². The zero-order chi connectivity index (χ0) is 13.0. The summed E-state index contributed by atoms with van der Waals surface area (Å²) in [6.07, 6.45) is 3.25. The molecule has 0 aliphatic rings. The van der Waals surface area contributed by atoms with Crippen molar-refractivity contribution >= 4 is 27.8 Å². The molecule has 1 N–H and O–H groups in total. The van der Waals surface area contributed by atoms with Gasteiger partial charge in [0.2, 0.25) is 0 Å². The molecule has 0 aromatic heterocycles. The average molecular weight is 303 g/mol. The maximum absolute atomic E-state index is 11.8. The van der Waals surface area contributed by atoms with Crippen LogP contribution in [0, 0.1) is 0 Å². The Labute approximate surface area is 114 Å². The molecule has 0 unspecified atom stereocenters. The first-order chi connectivity index (χ1) is 8.65. The highest BCUT2D eigenvalue weighted by Gasteiger charge is 2.00. The van der Waals surface area contributed by atoms with Gasteiger partial charge < -0.3 is 5.11 Å². The number of carbonyl (C=O) groups excluding carboxylic acids is 1. The molecule has 2 nitrogen and oxygen atoms in total. The van der Waals surface area contributed by atoms with E-state index in [1.807, 2.05) is 12.1 Å². The molecule has 0 spiro atoms. The Bertz CT molecular complexity index is 568. The van der Waals surface area contributed by atoms with Crippen LogP contribution in [-0.4, -0.2) is 10.9 Å². The second kappa shape index (κ2) is 5.65. The molecule has 18 heavy (non-hydrogen) atoms. The third kappa shape index (κ3) is 3.31. The number of hydrogen-bond acceptors (Lipinski definition) is 2. The summed E-state index contributed by atoms with van der Waals surface area (Å²) in [5.41, 5.74) is 1.52. The molecule has 0 fully saturated rings. The highest BCUT2D eigenvalue weighted by molar-refractivity contribution is 9.10. The standard InChI is InChI=1S/C15H11BrO2/c16-13-6-4-12(5-7-13)15(18)10-3-11-1-8-14(17)9-2-11/h1-10,17H/b10-3+. The maximum Gasteiger partial charge on any atom is 0.185 e. The molecule has 0 amide bonds. The number of hydrogen-bond donors (Lipinski definition) is 1. The van der Waals surface area contributed by atoms with Gasteiger partial charge in [-0.3, -0.25) is 4.79 Å². The number of halogens is 1. The largest absolute Gasteiger partial charge is 0.508 e. The van der Waals surface area contributed by atoms with Crippen molar-refractivity contribution in [1.82, 2.24) is 0 Å². The Kier molecular flexibility index (Phi) is 3.95. The molecule has 0 atom stereocenters. The van der Waals surface area contributed by atoms with Gasteiger partial charge in [0.15, 0.2) is 5.78 Å². The van der Waals surface area contributed by atoms with Crippen LogP contribution in [0.1, 0.15) is 15.9 Å². The third-order valence-corrected chi connectivity index (χ3v) is 2.98. The van der Waals surface area contributed by atoms with Crippen LogP contribution in [0.4, 0.5) is 0 Å². The number of benzene rings is 2. The van der Waals surface area contributed by atoms with Crippen molar-refractivity contribution < 1.29 is 9.90 Å². The quantitative estimate of drug-likeness (QED) is 0.686. The summed E-state index contributed by atoms with van der Waals surface area (Å²) in [7, 11) is 0. The smallest absolute Gasteiger partial charge is 0.185 e. The second-order valence-corrected chi connectivity index (χ2v) is 4.71. The maximum atomic E-state index is 11.8. The van der Waals surface area contributed by atoms with E-state index in [2.05, 4.69) is 15.9 Å². The predicted octanol–water partition coefficient (Wildman–Crippen LogP) is 4.05. The summed E-state index contributed by atoms with van der Waals surface area (Å²) in [6.45, 7) is 0. The Hall–Kier alpha value is -1.87. The van der Waals surface area contributed by atoms with Gasteiger partial charge >= 0.3 is 0 Å². The molecule has 3 heteroatoms. The Morgan fingerprint density at radius 1 is 1.00 bits per heavy atom. The van der Waals surface area contributed by atoms with Gasteiger partial charge in [-0.1, -0.05) is 34.1 Å². The molecule has 2 aromatic carbocycles. The summed E-state index contributed by atoms with van der Waals surface area (Å²) < 4.78 is 0.946. The van der Waals surface area contributed by atoms with Crippen LogP contribution in [0.2, 0.25) is 0 Å². The number of ketones is 1. The molecule has 0 saturated carbocycles. The molecular weight excluding hydrogens is 292 g/mol. The van der Waals surface area contributed by atoms with Gasteiger partial charge in [-0.25, -0.2) is 0 Å². The first kappa shape index (κ1) is 12.6. The fraction of sp³-hybridized carbons (Fsp3) is 0. The van der Waals surface area contributed by atoms with Crippen molar-refractivity contribution in [2.75, 3.05) is 0 Å². The minimum atomic E-state index is -0.0458. The summed E-state index contributed by atoms with van der Waals surface area (Å²) in [4.78, 5) is 11.8. The minimum Gasteiger partial charge on any atom is -0.508 e. The summed E-state index contributed by atoms with van der Waals surface area (Å²) in [5, 5.41) is 9.14. The lowest BCUT2D eigenvalue weighted by atomic mass is 10.1. The molecular formula is C15H11BrO2. The molecule has 0 radical (unpaired) electrons.